The van der Waals surface area contributed by atoms with Gasteiger partial charge in [-0.3, -0.25) is 19.3 Å². The fourth-order valence-electron chi connectivity index (χ4n) is 2.76. The number of anilines is 1. The molecule has 3 rings (SSSR count). The molecule has 1 atom stereocenters. The molecule has 1 aromatic heterocycles. The molecule has 2 N–H and O–H groups in total. The maximum Gasteiger partial charge on any atom is 0.414 e. The topological polar surface area (TPSA) is 140 Å². The van der Waals surface area contributed by atoms with E-state index in [2.05, 4.69) is 25.6 Å². The van der Waals surface area contributed by atoms with Gasteiger partial charge in [0.2, 0.25) is 5.91 Å². The van der Waals surface area contributed by atoms with Crippen LogP contribution in [0.5, 0.6) is 0 Å². The average molecular weight is 465 g/mol. The summed E-state index contributed by atoms with van der Waals surface area (Å²) in [6, 6.07) is 4.22. The molecule has 1 fully saturated rings. The second-order valence-electron chi connectivity index (χ2n) is 6.78. The van der Waals surface area contributed by atoms with Crippen molar-refractivity contribution in [3.63, 3.8) is 0 Å². The summed E-state index contributed by atoms with van der Waals surface area (Å²) in [5.41, 5.74) is 0.496. The van der Waals surface area contributed by atoms with E-state index in [9.17, 15) is 23.6 Å². The highest BCUT2D eigenvalue weighted by atomic mass is 32.1. The summed E-state index contributed by atoms with van der Waals surface area (Å²) >= 11 is 1.14. The Hall–Kier alpha value is -3.61. The minimum absolute atomic E-state index is 0.0186. The molecule has 3 amide bonds. The first kappa shape index (κ1) is 23.1. The van der Waals surface area contributed by atoms with E-state index in [0.29, 0.717) is 10.0 Å². The lowest BCUT2D eigenvalue weighted by atomic mass is 10.2. The lowest BCUT2D eigenvalue weighted by Gasteiger charge is -2.14. The van der Waals surface area contributed by atoms with E-state index >= 15 is 0 Å². The van der Waals surface area contributed by atoms with Crippen molar-refractivity contribution in [2.45, 2.75) is 26.5 Å². The third kappa shape index (κ3) is 5.97. The second-order valence-corrected chi connectivity index (χ2v) is 7.84. The molecule has 13 heteroatoms. The van der Waals surface area contributed by atoms with Crippen LogP contribution in [0.3, 0.4) is 0 Å². The van der Waals surface area contributed by atoms with Crippen LogP contribution in [0.1, 0.15) is 18.9 Å². The molecule has 170 valence electrons. The number of carbonyl (C=O) groups excluding carboxylic acids is 4. The summed E-state index contributed by atoms with van der Waals surface area (Å²) in [6.45, 7) is 2.46. The maximum absolute atomic E-state index is 14.7. The number of benzene rings is 1. The number of ether oxygens (including phenoxy) is 2. The van der Waals surface area contributed by atoms with Crippen LogP contribution in [-0.4, -0.2) is 59.9 Å². The van der Waals surface area contributed by atoms with Gasteiger partial charge >= 0.3 is 12.1 Å². The molecule has 2 aromatic rings. The summed E-state index contributed by atoms with van der Waals surface area (Å²) in [5.74, 6) is -1.92. The lowest BCUT2D eigenvalue weighted by Crippen LogP contribution is -2.36. The van der Waals surface area contributed by atoms with Gasteiger partial charge in [-0.25, -0.2) is 9.18 Å². The molecule has 0 aliphatic carbocycles. The smallest absolute Gasteiger partial charge is 0.414 e. The first-order valence-electron chi connectivity index (χ1n) is 9.48. The van der Waals surface area contributed by atoms with Crippen LogP contribution in [0.2, 0.25) is 0 Å². The number of esters is 1. The fraction of sp³-hybridized carbons (Fsp3) is 0.368. The van der Waals surface area contributed by atoms with Gasteiger partial charge in [-0.2, -0.15) is 0 Å². The summed E-state index contributed by atoms with van der Waals surface area (Å²) in [7, 11) is 0. The second kappa shape index (κ2) is 10.1. The zero-order valence-corrected chi connectivity index (χ0v) is 18.0. The van der Waals surface area contributed by atoms with Crippen LogP contribution < -0.4 is 15.5 Å². The van der Waals surface area contributed by atoms with Crippen LogP contribution in [0.15, 0.2) is 18.2 Å². The van der Waals surface area contributed by atoms with Gasteiger partial charge in [-0.1, -0.05) is 11.3 Å². The molecule has 1 aliphatic heterocycles. The van der Waals surface area contributed by atoms with Crippen LogP contribution in [0, 0.1) is 5.82 Å². The van der Waals surface area contributed by atoms with Gasteiger partial charge in [0.05, 0.1) is 25.3 Å². The highest BCUT2D eigenvalue weighted by Crippen LogP contribution is 2.30. The Bertz CT molecular complexity index is 1040. The summed E-state index contributed by atoms with van der Waals surface area (Å²) in [4.78, 5) is 46.8. The van der Waals surface area contributed by atoms with Gasteiger partial charge in [0.15, 0.2) is 11.6 Å². The fourth-order valence-corrected chi connectivity index (χ4v) is 3.57. The average Bonchev–Trinajstić information content (AvgIpc) is 3.35. The van der Waals surface area contributed by atoms with Crippen molar-refractivity contribution >= 4 is 40.9 Å². The quantitative estimate of drug-likeness (QED) is 0.550. The molecule has 2 heterocycles. The number of amides is 3. The summed E-state index contributed by atoms with van der Waals surface area (Å²) in [6.07, 6.45) is -1.32. The Morgan fingerprint density at radius 2 is 2.06 bits per heavy atom. The predicted molar refractivity (Wildman–Crippen MR) is 110 cm³/mol. The van der Waals surface area contributed by atoms with Crippen molar-refractivity contribution in [3.05, 3.63) is 29.0 Å². The standard InChI is InChI=1S/C19H20FN5O6S/c1-10(26)21-7-17-23-24-18(32-17)14-4-3-12(5-15(14)20)25-8-13(31-19(25)29)6-22-16(28)9-30-11(2)27/h3-5,13H,6-9H2,1-2H3,(H,21,26)(H,22,28)/t13-/m0/s1. The highest BCUT2D eigenvalue weighted by Gasteiger charge is 2.33. The van der Waals surface area contributed by atoms with Gasteiger partial charge in [-0.05, 0) is 18.2 Å². The normalized spacial score (nSPS) is 15.3. The molecule has 0 radical (unpaired) electrons. The number of carbonyl (C=O) groups is 4. The Kier molecular flexibility index (Phi) is 7.30. The van der Waals surface area contributed by atoms with Crippen LogP contribution >= 0.6 is 11.3 Å². The molecule has 32 heavy (non-hydrogen) atoms. The Balaban J connectivity index is 1.61. The Labute approximate surface area is 185 Å². The molecule has 0 spiro atoms. The molecule has 0 bridgehead atoms. The Morgan fingerprint density at radius 3 is 2.75 bits per heavy atom. The van der Waals surface area contributed by atoms with Gasteiger partial charge in [0.25, 0.3) is 5.91 Å². The number of hydrogen-bond donors (Lipinski definition) is 2. The third-order valence-electron chi connectivity index (χ3n) is 4.26. The first-order chi connectivity index (χ1) is 15.2. The molecular formula is C19H20FN5O6S. The van der Waals surface area contributed by atoms with Crippen LogP contribution in [0.25, 0.3) is 10.6 Å². The van der Waals surface area contributed by atoms with E-state index < -0.39 is 36.5 Å². The van der Waals surface area contributed by atoms with E-state index in [1.165, 1.54) is 30.9 Å². The van der Waals surface area contributed by atoms with Gasteiger partial charge < -0.3 is 20.1 Å². The number of halogens is 1. The van der Waals surface area contributed by atoms with Crippen LogP contribution in [0.4, 0.5) is 14.9 Å². The first-order valence-corrected chi connectivity index (χ1v) is 10.3. The van der Waals surface area contributed by atoms with Crippen molar-refractivity contribution in [1.29, 1.82) is 0 Å². The van der Waals surface area contributed by atoms with Gasteiger partial charge in [0.1, 0.15) is 16.9 Å². The number of nitrogens with one attached hydrogen (secondary N) is 2. The number of nitrogens with zero attached hydrogens (tertiary/aromatic N) is 3. The maximum atomic E-state index is 14.7. The van der Waals surface area contributed by atoms with E-state index in [1.807, 2.05) is 0 Å². The monoisotopic (exact) mass is 465 g/mol. The molecule has 1 saturated heterocycles. The summed E-state index contributed by atoms with van der Waals surface area (Å²) in [5, 5.41) is 13.8. The largest absolute Gasteiger partial charge is 0.456 e. The van der Waals surface area contributed by atoms with Crippen molar-refractivity contribution < 1.29 is 33.0 Å². The molecule has 0 unspecified atom stereocenters. The van der Waals surface area contributed by atoms with Gasteiger partial charge in [0, 0.05) is 19.4 Å². The van der Waals surface area contributed by atoms with Crippen molar-refractivity contribution in [2.24, 2.45) is 0 Å². The predicted octanol–water partition coefficient (Wildman–Crippen LogP) is 0.985. The zero-order valence-electron chi connectivity index (χ0n) is 17.2. The number of cyclic esters (lactones) is 1. The Morgan fingerprint density at radius 1 is 1.28 bits per heavy atom. The van der Waals surface area contributed by atoms with E-state index in [-0.39, 0.29) is 36.8 Å². The number of aromatic nitrogens is 2. The van der Waals surface area contributed by atoms with Crippen molar-refractivity contribution in [1.82, 2.24) is 20.8 Å². The third-order valence-corrected chi connectivity index (χ3v) is 5.21. The number of rotatable bonds is 8. The molecule has 0 saturated carbocycles. The van der Waals surface area contributed by atoms with Crippen molar-refractivity contribution in [2.75, 3.05) is 24.6 Å². The van der Waals surface area contributed by atoms with Crippen molar-refractivity contribution in [3.8, 4) is 10.6 Å². The molecule has 1 aliphatic rings. The number of hydrogen-bond acceptors (Lipinski definition) is 9. The minimum atomic E-state index is -0.676. The van der Waals surface area contributed by atoms with Gasteiger partial charge in [-0.15, -0.1) is 10.2 Å². The highest BCUT2D eigenvalue weighted by molar-refractivity contribution is 7.14. The lowest BCUT2D eigenvalue weighted by molar-refractivity contribution is -0.146. The zero-order chi connectivity index (χ0) is 23.3. The minimum Gasteiger partial charge on any atom is -0.456 e. The van der Waals surface area contributed by atoms with Crippen LogP contribution in [-0.2, 0) is 30.4 Å². The van der Waals surface area contributed by atoms with E-state index in [0.717, 1.165) is 11.3 Å². The SMILES string of the molecule is CC(=O)NCc1nnc(-c2ccc(N3C[C@H](CNC(=O)COC(C)=O)OC3=O)cc2F)s1. The molecule has 11 nitrogen and oxygen atoms in total. The van der Waals surface area contributed by atoms with E-state index in [4.69, 9.17) is 4.74 Å². The summed E-state index contributed by atoms with van der Waals surface area (Å²) < 4.78 is 24.5. The van der Waals surface area contributed by atoms with E-state index in [1.54, 1.807) is 6.07 Å². The molecule has 1 aromatic carbocycles. The molecular weight excluding hydrogens is 445 g/mol.